The number of pyridine rings is 1. The fourth-order valence-corrected chi connectivity index (χ4v) is 7.55. The van der Waals surface area contributed by atoms with Crippen LogP contribution < -0.4 is 31.3 Å². The summed E-state index contributed by atoms with van der Waals surface area (Å²) >= 11 is 0. The van der Waals surface area contributed by atoms with Gasteiger partial charge in [-0.25, -0.2) is 0 Å². The topological polar surface area (TPSA) is 221 Å². The summed E-state index contributed by atoms with van der Waals surface area (Å²) in [6.45, 7) is -0.373. The van der Waals surface area contributed by atoms with Crippen LogP contribution in [0.3, 0.4) is 0 Å². The Balaban J connectivity index is 1.24. The second-order valence-corrected chi connectivity index (χ2v) is 15.6. The number of nitrogens with one attached hydrogen (secondary N) is 6. The first kappa shape index (κ1) is 44.3. The summed E-state index contributed by atoms with van der Waals surface area (Å²) in [4.78, 5) is 89.3. The molecule has 2 bridgehead atoms. The summed E-state index contributed by atoms with van der Waals surface area (Å²) in [5, 5.41) is 24.1. The number of aromatic nitrogens is 2. The van der Waals surface area contributed by atoms with Gasteiger partial charge in [0.05, 0.1) is 0 Å². The number of amides is 5. The van der Waals surface area contributed by atoms with Gasteiger partial charge >= 0.3 is 5.97 Å². The molecule has 8 rings (SSSR count). The van der Waals surface area contributed by atoms with Crippen molar-refractivity contribution in [2.45, 2.75) is 62.7 Å². The van der Waals surface area contributed by atoms with E-state index >= 15 is 0 Å². The smallest absolute Gasteiger partial charge is 0.303 e. The number of carboxylic acids is 1. The standard InChI is InChI=1S/C49H49N7O8/c57-44-30-64-37-18-14-32(15-19-37)25-40(46(60)51-22-6-11-45(58)59)54-49(63)43(28-36-29-52-39-10-5-4-9-38(36)39)56-48(62)42(55-47(61)41(53-44)27-33-20-23-50-24-21-33)26-31-12-16-35(17-13-31)34-7-2-1-3-8-34/h1-5,7-10,12-21,23-24,29,40-43,52H,6,11,22,25-28,30H2,(H,51,60)(H,53,57)(H,54,63)(H,55,61)(H,56,62)(H,58,59)/t40-,41-,42+,43-/m0/s1. The lowest BCUT2D eigenvalue weighted by atomic mass is 9.98. The van der Waals surface area contributed by atoms with E-state index in [1.165, 1.54) is 0 Å². The van der Waals surface area contributed by atoms with Gasteiger partial charge in [-0.2, -0.15) is 0 Å². The highest BCUT2D eigenvalue weighted by Crippen LogP contribution is 2.22. The van der Waals surface area contributed by atoms with E-state index in [0.717, 1.165) is 27.6 Å². The van der Waals surface area contributed by atoms with Crippen LogP contribution in [-0.4, -0.2) is 87.9 Å². The maximum atomic E-state index is 14.7. The molecule has 7 N–H and O–H groups in total. The van der Waals surface area contributed by atoms with E-state index in [1.807, 2.05) is 78.9 Å². The number of carbonyl (C=O) groups excluding carboxylic acids is 5. The van der Waals surface area contributed by atoms with Crippen molar-refractivity contribution in [1.29, 1.82) is 0 Å². The molecular weight excluding hydrogens is 815 g/mol. The molecule has 64 heavy (non-hydrogen) atoms. The zero-order chi connectivity index (χ0) is 44.8. The number of fused-ring (bicyclic) bond motifs is 17. The second-order valence-electron chi connectivity index (χ2n) is 15.6. The van der Waals surface area contributed by atoms with Crippen LogP contribution in [0.25, 0.3) is 22.0 Å². The summed E-state index contributed by atoms with van der Waals surface area (Å²) in [6, 6.07) is 30.2. The maximum absolute atomic E-state index is 14.7. The van der Waals surface area contributed by atoms with Gasteiger partial charge in [0, 0.05) is 68.1 Å². The van der Waals surface area contributed by atoms with Gasteiger partial charge in [0.2, 0.25) is 23.6 Å². The molecule has 328 valence electrons. The fraction of sp³-hybridized carbons (Fsp3) is 0.245. The van der Waals surface area contributed by atoms with E-state index in [2.05, 4.69) is 36.6 Å². The van der Waals surface area contributed by atoms with Crippen molar-refractivity contribution in [3.63, 3.8) is 0 Å². The third-order valence-corrected chi connectivity index (χ3v) is 10.9. The number of H-pyrrole nitrogens is 1. The van der Waals surface area contributed by atoms with Crippen molar-refractivity contribution in [3.05, 3.63) is 156 Å². The average molecular weight is 864 g/mol. The summed E-state index contributed by atoms with van der Waals surface area (Å²) in [7, 11) is 0. The lowest BCUT2D eigenvalue weighted by molar-refractivity contribution is -0.137. The number of aliphatic carboxylic acids is 1. The predicted molar refractivity (Wildman–Crippen MR) is 239 cm³/mol. The van der Waals surface area contributed by atoms with Crippen molar-refractivity contribution in [3.8, 4) is 16.9 Å². The van der Waals surface area contributed by atoms with Gasteiger partial charge in [0.25, 0.3) is 5.91 Å². The molecule has 0 saturated heterocycles. The zero-order valence-corrected chi connectivity index (χ0v) is 34.9. The Morgan fingerprint density at radius 3 is 1.98 bits per heavy atom. The van der Waals surface area contributed by atoms with Gasteiger partial charge in [-0.15, -0.1) is 0 Å². The van der Waals surface area contributed by atoms with Crippen LogP contribution in [0.4, 0.5) is 0 Å². The highest BCUT2D eigenvalue weighted by molar-refractivity contribution is 5.96. The number of carboxylic acid groups (broad SMARTS) is 1. The first-order chi connectivity index (χ1) is 31.1. The molecular formula is C49H49N7O8. The van der Waals surface area contributed by atoms with Gasteiger partial charge in [-0.1, -0.05) is 84.9 Å². The SMILES string of the molecule is O=C(O)CCCNC(=O)[C@@H]1Cc2ccc(cc2)OCC(=O)N[C@@H](Cc2ccncc2)C(=O)N[C@H](Cc2ccc(-c3ccccc3)cc2)C(=O)N[C@@H](Cc2c[nH]c3ccccc23)C(=O)N1. The zero-order valence-electron chi connectivity index (χ0n) is 34.9. The second kappa shape index (κ2) is 21.3. The van der Waals surface area contributed by atoms with Crippen LogP contribution in [0, 0.1) is 0 Å². The van der Waals surface area contributed by atoms with Gasteiger partial charge in [0.15, 0.2) is 6.61 Å². The largest absolute Gasteiger partial charge is 0.484 e. The molecule has 0 spiro atoms. The highest BCUT2D eigenvalue weighted by Gasteiger charge is 2.33. The molecule has 5 amide bonds. The molecule has 0 radical (unpaired) electrons. The molecule has 4 atom stereocenters. The third kappa shape index (κ3) is 12.2. The molecule has 0 unspecified atom stereocenters. The predicted octanol–water partition coefficient (Wildman–Crippen LogP) is 3.81. The first-order valence-electron chi connectivity index (χ1n) is 21.1. The van der Waals surface area contributed by atoms with E-state index in [-0.39, 0.29) is 45.1 Å². The Kier molecular flexibility index (Phi) is 14.7. The first-order valence-corrected chi connectivity index (χ1v) is 21.1. The van der Waals surface area contributed by atoms with E-state index in [1.54, 1.807) is 55.0 Å². The molecule has 2 aliphatic rings. The Morgan fingerprint density at radius 1 is 0.672 bits per heavy atom. The van der Waals surface area contributed by atoms with E-state index in [4.69, 9.17) is 9.84 Å². The van der Waals surface area contributed by atoms with Gasteiger partial charge in [-0.3, -0.25) is 33.8 Å². The number of nitrogens with zero attached hydrogens (tertiary/aromatic N) is 1. The minimum absolute atomic E-state index is 0.00768. The number of ether oxygens (including phenoxy) is 1. The number of hydrogen-bond acceptors (Lipinski definition) is 8. The van der Waals surface area contributed by atoms with Crippen LogP contribution in [0.5, 0.6) is 5.75 Å². The van der Waals surface area contributed by atoms with Crippen LogP contribution >= 0.6 is 0 Å². The number of aromatic amines is 1. The number of hydrogen-bond donors (Lipinski definition) is 7. The van der Waals surface area contributed by atoms with Crippen LogP contribution in [0.15, 0.2) is 134 Å². The number of para-hydroxylation sites is 1. The number of benzene rings is 4. The van der Waals surface area contributed by atoms with Crippen molar-refractivity contribution < 1.29 is 38.6 Å². The van der Waals surface area contributed by atoms with E-state index in [9.17, 15) is 28.8 Å². The highest BCUT2D eigenvalue weighted by atomic mass is 16.5. The molecule has 0 saturated carbocycles. The van der Waals surface area contributed by atoms with Crippen molar-refractivity contribution >= 4 is 46.4 Å². The lowest BCUT2D eigenvalue weighted by Crippen LogP contribution is -2.59. The van der Waals surface area contributed by atoms with Crippen LogP contribution in [0.2, 0.25) is 0 Å². The third-order valence-electron chi connectivity index (χ3n) is 10.9. The van der Waals surface area contributed by atoms with Crippen LogP contribution in [0.1, 0.15) is 35.1 Å². The summed E-state index contributed by atoms with van der Waals surface area (Å²) in [6.07, 6.45) is 5.05. The van der Waals surface area contributed by atoms with Crippen molar-refractivity contribution in [2.75, 3.05) is 13.2 Å². The maximum Gasteiger partial charge on any atom is 0.303 e. The summed E-state index contributed by atoms with van der Waals surface area (Å²) < 4.78 is 5.78. The quantitative estimate of drug-likeness (QED) is 0.0702. The molecule has 2 aromatic heterocycles. The number of carbonyl (C=O) groups is 6. The van der Waals surface area contributed by atoms with Crippen LogP contribution in [-0.2, 0) is 54.5 Å². The summed E-state index contributed by atoms with van der Waals surface area (Å²) in [5.41, 5.74) is 5.55. The molecule has 4 heterocycles. The average Bonchev–Trinajstić information content (AvgIpc) is 3.72. The molecule has 4 aromatic carbocycles. The number of rotatable bonds is 12. The van der Waals surface area contributed by atoms with Crippen molar-refractivity contribution in [1.82, 2.24) is 36.6 Å². The normalized spacial score (nSPS) is 18.6. The lowest BCUT2D eigenvalue weighted by Gasteiger charge is -2.27. The Hall–Kier alpha value is -7.81. The van der Waals surface area contributed by atoms with Crippen molar-refractivity contribution in [2.24, 2.45) is 0 Å². The molecule has 6 aromatic rings. The summed E-state index contributed by atoms with van der Waals surface area (Å²) in [5.74, 6) is -3.79. The Bertz CT molecular complexity index is 2570. The monoisotopic (exact) mass is 863 g/mol. The van der Waals surface area contributed by atoms with Gasteiger partial charge < -0.3 is 41.4 Å². The molecule has 15 heteroatoms. The fourth-order valence-electron chi connectivity index (χ4n) is 7.55. The Morgan fingerprint density at radius 2 is 1.28 bits per heavy atom. The molecule has 15 nitrogen and oxygen atoms in total. The minimum atomic E-state index is -1.25. The van der Waals surface area contributed by atoms with Gasteiger partial charge in [0.1, 0.15) is 29.9 Å². The minimum Gasteiger partial charge on any atom is -0.484 e. The van der Waals surface area contributed by atoms with E-state index in [0.29, 0.717) is 22.4 Å². The Labute approximate surface area is 369 Å². The molecule has 2 aliphatic heterocycles. The molecule has 0 aliphatic carbocycles. The molecule has 0 fully saturated rings. The van der Waals surface area contributed by atoms with Gasteiger partial charge in [-0.05, 0) is 70.1 Å². The van der Waals surface area contributed by atoms with E-state index < -0.39 is 66.3 Å².